The van der Waals surface area contributed by atoms with Gasteiger partial charge in [0.1, 0.15) is 0 Å². The lowest BCUT2D eigenvalue weighted by molar-refractivity contribution is -0.127. The van der Waals surface area contributed by atoms with Crippen molar-refractivity contribution >= 4 is 31.8 Å². The van der Waals surface area contributed by atoms with E-state index in [1.54, 1.807) is 13.8 Å². The van der Waals surface area contributed by atoms with E-state index in [9.17, 15) is 17.8 Å². The molecule has 16 heavy (non-hydrogen) atoms. The molecule has 0 radical (unpaired) electrons. The van der Waals surface area contributed by atoms with Crippen LogP contribution in [0.2, 0.25) is 0 Å². The Bertz CT molecular complexity index is 446. The molecule has 0 saturated heterocycles. The molecule has 0 unspecified atom stereocenters. The molecule has 0 spiro atoms. The summed E-state index contributed by atoms with van der Waals surface area (Å²) >= 11 is 3.33. The molecule has 4 nitrogen and oxygen atoms in total. The average Bonchev–Trinajstić information content (AvgIpc) is 2.40. The molecule has 4 atom stereocenters. The van der Waals surface area contributed by atoms with Crippen molar-refractivity contribution in [3.63, 3.8) is 0 Å². The van der Waals surface area contributed by atoms with Crippen LogP contribution in [-0.2, 0) is 14.9 Å². The molecular weight excluding hydrogens is 296 g/mol. The van der Waals surface area contributed by atoms with Crippen LogP contribution in [0.4, 0.5) is 0 Å². The minimum absolute atomic E-state index is 0.0336. The molecule has 2 rings (SSSR count). The van der Waals surface area contributed by atoms with E-state index in [-0.39, 0.29) is 16.5 Å². The molecule has 2 saturated carbocycles. The summed E-state index contributed by atoms with van der Waals surface area (Å²) in [6, 6.07) is 0. The lowest BCUT2D eigenvalue weighted by Gasteiger charge is -2.37. The Morgan fingerprint density at radius 1 is 1.50 bits per heavy atom. The zero-order valence-electron chi connectivity index (χ0n) is 9.20. The SMILES string of the molecule is C[C@]12CC[C@H]([C@H](Br)C1=O)[C@]2(C)CS(=O)(=O)[O-]. The maximum atomic E-state index is 12.0. The van der Waals surface area contributed by atoms with Crippen molar-refractivity contribution in [2.24, 2.45) is 16.7 Å². The molecule has 0 aromatic carbocycles. The van der Waals surface area contributed by atoms with Crippen LogP contribution < -0.4 is 0 Å². The van der Waals surface area contributed by atoms with Gasteiger partial charge in [0.2, 0.25) is 0 Å². The van der Waals surface area contributed by atoms with Crippen LogP contribution in [0.1, 0.15) is 26.7 Å². The summed E-state index contributed by atoms with van der Waals surface area (Å²) in [7, 11) is -4.30. The molecular formula is C10H14BrO4S-. The first-order valence-corrected chi connectivity index (χ1v) is 7.73. The molecule has 0 aromatic rings. The monoisotopic (exact) mass is 309 g/mol. The van der Waals surface area contributed by atoms with E-state index in [4.69, 9.17) is 0 Å². The topological polar surface area (TPSA) is 74.3 Å². The summed E-state index contributed by atoms with van der Waals surface area (Å²) in [6.45, 7) is 3.56. The molecule has 2 bridgehead atoms. The van der Waals surface area contributed by atoms with Crippen LogP contribution in [0, 0.1) is 16.7 Å². The lowest BCUT2D eigenvalue weighted by atomic mass is 9.70. The lowest BCUT2D eigenvalue weighted by Crippen LogP contribution is -2.40. The number of Topliss-reactive ketones (excluding diaryl/α,β-unsaturated/α-hetero) is 1. The van der Waals surface area contributed by atoms with Gasteiger partial charge < -0.3 is 4.55 Å². The van der Waals surface area contributed by atoms with Crippen molar-refractivity contribution in [2.45, 2.75) is 31.5 Å². The first kappa shape index (κ1) is 12.5. The average molecular weight is 310 g/mol. The second-order valence-corrected chi connectivity index (χ2v) is 7.75. The molecule has 0 N–H and O–H groups in total. The van der Waals surface area contributed by atoms with Crippen LogP contribution in [0.15, 0.2) is 0 Å². The van der Waals surface area contributed by atoms with Gasteiger partial charge in [-0.05, 0) is 24.2 Å². The highest BCUT2D eigenvalue weighted by Gasteiger charge is 2.68. The predicted molar refractivity (Wildman–Crippen MR) is 61.2 cm³/mol. The quantitative estimate of drug-likeness (QED) is 0.569. The Labute approximate surface area is 104 Å². The van der Waals surface area contributed by atoms with Crippen molar-refractivity contribution in [1.82, 2.24) is 0 Å². The number of hydrogen-bond acceptors (Lipinski definition) is 4. The van der Waals surface area contributed by atoms with E-state index in [1.165, 1.54) is 0 Å². The first-order chi connectivity index (χ1) is 7.12. The second kappa shape index (κ2) is 3.29. The van der Waals surface area contributed by atoms with Gasteiger partial charge in [0.25, 0.3) is 0 Å². The van der Waals surface area contributed by atoms with Crippen molar-refractivity contribution in [1.29, 1.82) is 0 Å². The van der Waals surface area contributed by atoms with Gasteiger partial charge in [-0.2, -0.15) is 0 Å². The smallest absolute Gasteiger partial charge is 0.153 e. The summed E-state index contributed by atoms with van der Waals surface area (Å²) in [4.78, 5) is 11.8. The highest BCUT2D eigenvalue weighted by Crippen LogP contribution is 2.65. The number of carbonyl (C=O) groups excluding carboxylic acids is 1. The molecule has 2 aliphatic rings. The minimum atomic E-state index is -4.30. The summed E-state index contributed by atoms with van der Waals surface area (Å²) in [5, 5.41) is 0. The van der Waals surface area contributed by atoms with E-state index in [0.717, 1.165) is 6.42 Å². The fraction of sp³-hybridized carbons (Fsp3) is 0.900. The van der Waals surface area contributed by atoms with Gasteiger partial charge in [0.05, 0.1) is 14.9 Å². The molecule has 0 heterocycles. The molecule has 6 heteroatoms. The van der Waals surface area contributed by atoms with Gasteiger partial charge in [-0.3, -0.25) is 4.79 Å². The minimum Gasteiger partial charge on any atom is -0.748 e. The van der Waals surface area contributed by atoms with E-state index in [1.807, 2.05) is 0 Å². The third-order valence-electron chi connectivity index (χ3n) is 4.66. The van der Waals surface area contributed by atoms with Crippen LogP contribution in [0.5, 0.6) is 0 Å². The highest BCUT2D eigenvalue weighted by molar-refractivity contribution is 9.10. The van der Waals surface area contributed by atoms with E-state index >= 15 is 0 Å². The maximum Gasteiger partial charge on any atom is 0.153 e. The Kier molecular flexibility index (Phi) is 2.58. The molecule has 92 valence electrons. The second-order valence-electron chi connectivity index (χ2n) is 5.36. The number of fused-ring (bicyclic) bond motifs is 2. The maximum absolute atomic E-state index is 12.0. The van der Waals surface area contributed by atoms with Gasteiger partial charge in [-0.25, -0.2) is 8.42 Å². The Morgan fingerprint density at radius 3 is 2.44 bits per heavy atom. The first-order valence-electron chi connectivity index (χ1n) is 5.24. The molecule has 0 amide bonds. The predicted octanol–water partition coefficient (Wildman–Crippen LogP) is 1.30. The summed E-state index contributed by atoms with van der Waals surface area (Å²) in [6.07, 6.45) is 1.49. The van der Waals surface area contributed by atoms with Crippen LogP contribution in [0.3, 0.4) is 0 Å². The van der Waals surface area contributed by atoms with E-state index in [0.29, 0.717) is 6.42 Å². The zero-order chi connectivity index (χ0) is 12.4. The highest BCUT2D eigenvalue weighted by atomic mass is 79.9. The summed E-state index contributed by atoms with van der Waals surface area (Å²) in [5.74, 6) is -0.418. The van der Waals surface area contributed by atoms with Crippen molar-refractivity contribution in [2.75, 3.05) is 5.75 Å². The van der Waals surface area contributed by atoms with Crippen molar-refractivity contribution in [3.8, 4) is 0 Å². The molecule has 0 aliphatic heterocycles. The van der Waals surface area contributed by atoms with E-state index < -0.39 is 26.7 Å². The van der Waals surface area contributed by atoms with Gasteiger partial charge in [-0.15, -0.1) is 0 Å². The Morgan fingerprint density at radius 2 is 2.06 bits per heavy atom. The van der Waals surface area contributed by atoms with Crippen molar-refractivity contribution in [3.05, 3.63) is 0 Å². The number of ketones is 1. The largest absolute Gasteiger partial charge is 0.748 e. The fourth-order valence-corrected chi connectivity index (χ4v) is 6.07. The Balaban J connectivity index is 2.47. The summed E-state index contributed by atoms with van der Waals surface area (Å²) in [5.41, 5.74) is -1.37. The zero-order valence-corrected chi connectivity index (χ0v) is 11.6. The van der Waals surface area contributed by atoms with Gasteiger partial charge in [0.15, 0.2) is 5.78 Å². The third kappa shape index (κ3) is 1.42. The molecule has 2 aliphatic carbocycles. The standard InChI is InChI=1S/C10H15BrO4S/c1-9-4-3-6(7(11)8(9)12)10(9,2)5-16(13,14)15/h6-7H,3-5H2,1-2H3,(H,13,14,15)/p-1/t6-,7+,9+,10+/m1/s1. The number of carbonyl (C=O) groups is 1. The normalized spacial score (nSPS) is 47.6. The number of halogens is 1. The van der Waals surface area contributed by atoms with Crippen LogP contribution in [0.25, 0.3) is 0 Å². The fourth-order valence-electron chi connectivity index (χ4n) is 3.45. The number of rotatable bonds is 2. The van der Waals surface area contributed by atoms with Gasteiger partial charge in [0, 0.05) is 11.2 Å². The Hall–Kier alpha value is 0.0600. The number of alkyl halides is 1. The van der Waals surface area contributed by atoms with Gasteiger partial charge in [-0.1, -0.05) is 29.8 Å². The summed E-state index contributed by atoms with van der Waals surface area (Å²) < 4.78 is 33.0. The van der Waals surface area contributed by atoms with E-state index in [2.05, 4.69) is 15.9 Å². The number of hydrogen-bond donors (Lipinski definition) is 0. The third-order valence-corrected chi connectivity index (χ3v) is 6.67. The molecule has 2 fully saturated rings. The van der Waals surface area contributed by atoms with Gasteiger partial charge >= 0.3 is 0 Å². The van der Waals surface area contributed by atoms with Crippen LogP contribution >= 0.6 is 15.9 Å². The van der Waals surface area contributed by atoms with Crippen molar-refractivity contribution < 1.29 is 17.8 Å². The van der Waals surface area contributed by atoms with Crippen LogP contribution in [-0.4, -0.2) is 29.3 Å². The molecule has 0 aromatic heterocycles.